The molecule has 2 atom stereocenters. The van der Waals surface area contributed by atoms with Gasteiger partial charge in [0.05, 0.1) is 5.60 Å². The normalized spacial score (nSPS) is 37.5. The minimum Gasteiger partial charge on any atom is -0.386 e. The van der Waals surface area contributed by atoms with E-state index in [1.54, 1.807) is 0 Å². The fourth-order valence-corrected chi connectivity index (χ4v) is 1.70. The second-order valence-corrected chi connectivity index (χ2v) is 3.57. The Morgan fingerprint density at radius 2 is 2.27 bits per heavy atom. The number of rotatable bonds is 2. The van der Waals surface area contributed by atoms with Crippen molar-refractivity contribution in [2.24, 2.45) is 5.92 Å². The molecule has 0 radical (unpaired) electrons. The monoisotopic (exact) mass is 154 g/mol. The molecule has 0 aromatic rings. The van der Waals surface area contributed by atoms with Gasteiger partial charge in [-0.15, -0.1) is 0 Å². The van der Waals surface area contributed by atoms with Gasteiger partial charge in [0.1, 0.15) is 0 Å². The maximum atomic E-state index is 9.89. The smallest absolute Gasteiger partial charge is 0.0827 e. The molecule has 1 N–H and O–H groups in total. The third-order valence-electron chi connectivity index (χ3n) is 2.73. The number of allylic oxidation sites excluding steroid dienone is 1. The second-order valence-electron chi connectivity index (χ2n) is 3.57. The zero-order valence-electron chi connectivity index (χ0n) is 7.51. The van der Waals surface area contributed by atoms with Crippen molar-refractivity contribution in [3.05, 3.63) is 12.2 Å². The maximum Gasteiger partial charge on any atom is 0.0827 e. The predicted molar refractivity (Wildman–Crippen MR) is 47.4 cm³/mol. The third-order valence-corrected chi connectivity index (χ3v) is 2.73. The van der Waals surface area contributed by atoms with Crippen molar-refractivity contribution < 1.29 is 5.11 Å². The van der Waals surface area contributed by atoms with Gasteiger partial charge >= 0.3 is 0 Å². The van der Waals surface area contributed by atoms with Crippen molar-refractivity contribution in [3.63, 3.8) is 0 Å². The molecule has 2 unspecified atom stereocenters. The van der Waals surface area contributed by atoms with Crippen molar-refractivity contribution >= 4 is 0 Å². The topological polar surface area (TPSA) is 20.2 Å². The summed E-state index contributed by atoms with van der Waals surface area (Å²) >= 11 is 0. The highest BCUT2D eigenvalue weighted by atomic mass is 16.3. The summed E-state index contributed by atoms with van der Waals surface area (Å²) in [7, 11) is 0. The Hall–Kier alpha value is -0.300. The molecule has 1 heteroatoms. The highest BCUT2D eigenvalue weighted by molar-refractivity contribution is 5.06. The molecular formula is C10H18O. The highest BCUT2D eigenvalue weighted by Gasteiger charge is 2.27. The Kier molecular flexibility index (Phi) is 2.72. The van der Waals surface area contributed by atoms with E-state index >= 15 is 0 Å². The van der Waals surface area contributed by atoms with Crippen LogP contribution in [0.25, 0.3) is 0 Å². The van der Waals surface area contributed by atoms with Crippen LogP contribution in [0.2, 0.25) is 0 Å². The summed E-state index contributed by atoms with van der Waals surface area (Å²) in [4.78, 5) is 0. The molecule has 0 fully saturated rings. The quantitative estimate of drug-likeness (QED) is 0.606. The number of hydrogen-bond acceptors (Lipinski definition) is 1. The van der Waals surface area contributed by atoms with Gasteiger partial charge in [0.15, 0.2) is 0 Å². The van der Waals surface area contributed by atoms with Crippen LogP contribution in [0, 0.1) is 5.92 Å². The van der Waals surface area contributed by atoms with Crippen molar-refractivity contribution in [2.75, 3.05) is 0 Å². The Morgan fingerprint density at radius 3 is 2.82 bits per heavy atom. The predicted octanol–water partition coefficient (Wildman–Crippen LogP) is 2.50. The summed E-state index contributed by atoms with van der Waals surface area (Å²) in [5, 5.41) is 9.89. The van der Waals surface area contributed by atoms with Crippen LogP contribution in [0.15, 0.2) is 12.2 Å². The molecule has 0 heterocycles. The molecule has 0 spiro atoms. The standard InChI is InChI=1S/C10H18O/c1-3-9-6-5-7-10(11,4-2)8-9/h5,7,9,11H,3-4,6,8H2,1-2H3. The van der Waals surface area contributed by atoms with Gasteiger partial charge in [0, 0.05) is 0 Å². The van der Waals surface area contributed by atoms with Crippen molar-refractivity contribution in [2.45, 2.75) is 45.1 Å². The molecule has 1 nitrogen and oxygen atoms in total. The summed E-state index contributed by atoms with van der Waals surface area (Å²) in [6, 6.07) is 0. The van der Waals surface area contributed by atoms with E-state index in [2.05, 4.69) is 13.0 Å². The van der Waals surface area contributed by atoms with Crippen molar-refractivity contribution in [3.8, 4) is 0 Å². The molecule has 0 amide bonds. The average molecular weight is 154 g/mol. The Bertz CT molecular complexity index is 151. The Balaban J connectivity index is 2.58. The van der Waals surface area contributed by atoms with Crippen LogP contribution in [0.4, 0.5) is 0 Å². The largest absolute Gasteiger partial charge is 0.386 e. The van der Waals surface area contributed by atoms with E-state index in [0.29, 0.717) is 5.92 Å². The van der Waals surface area contributed by atoms with Gasteiger partial charge in [-0.25, -0.2) is 0 Å². The lowest BCUT2D eigenvalue weighted by molar-refractivity contribution is 0.0520. The first-order chi connectivity index (χ1) is 5.20. The van der Waals surface area contributed by atoms with Crippen LogP contribution in [-0.4, -0.2) is 10.7 Å². The molecule has 0 bridgehead atoms. The summed E-state index contributed by atoms with van der Waals surface area (Å²) in [5.74, 6) is 0.699. The van der Waals surface area contributed by atoms with Gasteiger partial charge in [0.25, 0.3) is 0 Å². The van der Waals surface area contributed by atoms with Crippen molar-refractivity contribution in [1.29, 1.82) is 0 Å². The SMILES string of the molecule is CCC1CC=CC(O)(CC)C1. The number of aliphatic hydroxyl groups is 1. The van der Waals surface area contributed by atoms with Crippen LogP contribution < -0.4 is 0 Å². The van der Waals surface area contributed by atoms with E-state index in [1.165, 1.54) is 6.42 Å². The molecular weight excluding hydrogens is 136 g/mol. The van der Waals surface area contributed by atoms with Gasteiger partial charge in [-0.05, 0) is 25.2 Å². The molecule has 11 heavy (non-hydrogen) atoms. The first-order valence-corrected chi connectivity index (χ1v) is 4.60. The van der Waals surface area contributed by atoms with Crippen LogP contribution >= 0.6 is 0 Å². The lowest BCUT2D eigenvalue weighted by Crippen LogP contribution is -2.30. The molecule has 0 aromatic carbocycles. The lowest BCUT2D eigenvalue weighted by Gasteiger charge is -2.31. The van der Waals surface area contributed by atoms with Crippen LogP contribution in [0.5, 0.6) is 0 Å². The van der Waals surface area contributed by atoms with Crippen LogP contribution in [-0.2, 0) is 0 Å². The minimum absolute atomic E-state index is 0.487. The van der Waals surface area contributed by atoms with Crippen molar-refractivity contribution in [1.82, 2.24) is 0 Å². The van der Waals surface area contributed by atoms with Gasteiger partial charge in [-0.3, -0.25) is 0 Å². The zero-order valence-corrected chi connectivity index (χ0v) is 7.51. The van der Waals surface area contributed by atoms with E-state index in [1.807, 2.05) is 13.0 Å². The van der Waals surface area contributed by atoms with Gasteiger partial charge < -0.3 is 5.11 Å². The summed E-state index contributed by atoms with van der Waals surface area (Å²) in [5.41, 5.74) is -0.487. The molecule has 0 aliphatic heterocycles. The molecule has 1 rings (SSSR count). The minimum atomic E-state index is -0.487. The average Bonchev–Trinajstić information content (AvgIpc) is 2.05. The summed E-state index contributed by atoms with van der Waals surface area (Å²) < 4.78 is 0. The maximum absolute atomic E-state index is 9.89. The molecule has 1 aliphatic rings. The highest BCUT2D eigenvalue weighted by Crippen LogP contribution is 2.30. The molecule has 0 saturated heterocycles. The molecule has 1 aliphatic carbocycles. The fourth-order valence-electron chi connectivity index (χ4n) is 1.70. The van der Waals surface area contributed by atoms with Gasteiger partial charge in [-0.2, -0.15) is 0 Å². The number of hydrogen-bond donors (Lipinski definition) is 1. The fraction of sp³-hybridized carbons (Fsp3) is 0.800. The zero-order chi connectivity index (χ0) is 8.32. The molecule has 64 valence electrons. The van der Waals surface area contributed by atoms with Gasteiger partial charge in [0.2, 0.25) is 0 Å². The van der Waals surface area contributed by atoms with E-state index < -0.39 is 5.60 Å². The van der Waals surface area contributed by atoms with E-state index in [9.17, 15) is 5.11 Å². The lowest BCUT2D eigenvalue weighted by atomic mass is 9.80. The van der Waals surface area contributed by atoms with Gasteiger partial charge in [-0.1, -0.05) is 32.4 Å². The van der Waals surface area contributed by atoms with E-state index in [-0.39, 0.29) is 0 Å². The first kappa shape index (κ1) is 8.79. The van der Waals surface area contributed by atoms with Crippen LogP contribution in [0.3, 0.4) is 0 Å². The first-order valence-electron chi connectivity index (χ1n) is 4.60. The Labute approximate surface area is 69.1 Å². The summed E-state index contributed by atoms with van der Waals surface area (Å²) in [6.45, 7) is 4.24. The second kappa shape index (κ2) is 3.40. The molecule has 0 saturated carbocycles. The Morgan fingerprint density at radius 1 is 1.55 bits per heavy atom. The van der Waals surface area contributed by atoms with Crippen LogP contribution in [0.1, 0.15) is 39.5 Å². The van der Waals surface area contributed by atoms with E-state index in [0.717, 1.165) is 19.3 Å². The van der Waals surface area contributed by atoms with E-state index in [4.69, 9.17) is 0 Å². The summed E-state index contributed by atoms with van der Waals surface area (Å²) in [6.07, 6.45) is 8.24. The molecule has 0 aromatic heterocycles. The third kappa shape index (κ3) is 2.06.